The lowest BCUT2D eigenvalue weighted by atomic mass is 10.0. The number of fused-ring (bicyclic) bond motifs is 1. The summed E-state index contributed by atoms with van der Waals surface area (Å²) in [4.78, 5) is 36.8. The van der Waals surface area contributed by atoms with E-state index in [-0.39, 0.29) is 24.4 Å². The van der Waals surface area contributed by atoms with Crippen LogP contribution in [0.1, 0.15) is 47.5 Å². The summed E-state index contributed by atoms with van der Waals surface area (Å²) < 4.78 is 5.58. The van der Waals surface area contributed by atoms with Crippen LogP contribution in [0.3, 0.4) is 0 Å². The Bertz CT molecular complexity index is 985. The number of amides is 2. The minimum atomic E-state index is -0.686. The number of likely N-dealkylation sites (tertiary alicyclic amines) is 1. The van der Waals surface area contributed by atoms with Crippen LogP contribution in [0, 0.1) is 6.92 Å². The maximum Gasteiger partial charge on any atom is 0.251 e. The second-order valence-electron chi connectivity index (χ2n) is 8.81. The minimum Gasteiger partial charge on any atom is -0.446 e. The molecule has 1 saturated heterocycles. The second kappa shape index (κ2) is 10.3. The first-order valence-electron chi connectivity index (χ1n) is 11.5. The van der Waals surface area contributed by atoms with Crippen molar-refractivity contribution in [1.29, 1.82) is 0 Å². The molecule has 0 radical (unpaired) electrons. The smallest absolute Gasteiger partial charge is 0.251 e. The van der Waals surface area contributed by atoms with Crippen molar-refractivity contribution in [3.63, 3.8) is 0 Å². The molecule has 1 unspecified atom stereocenters. The number of oxazole rings is 1. The third-order valence-corrected chi connectivity index (χ3v) is 6.20. The van der Waals surface area contributed by atoms with Crippen molar-refractivity contribution >= 4 is 17.6 Å². The number of aliphatic hydroxyl groups excluding tert-OH is 1. The van der Waals surface area contributed by atoms with Gasteiger partial charge in [-0.2, -0.15) is 0 Å². The lowest BCUT2D eigenvalue weighted by Crippen LogP contribution is -2.42. The van der Waals surface area contributed by atoms with Gasteiger partial charge in [-0.15, -0.1) is 0 Å². The number of carbonyl (C=O) groups is 2. The molecular formula is C23H32N6O4. The van der Waals surface area contributed by atoms with Crippen LogP contribution in [0.2, 0.25) is 0 Å². The standard InChI is InChI=1S/C23H32N6O4/c1-15-26-20-14-28(8-6-21(20)33-15)13-19(31)12-25-23(32)17-3-7-24-22(11-17)27-18-4-9-29(10-5-18)16(2)30/h3,7,11,18-19,31H,4-6,8-10,12-14H2,1-2H3,(H,24,27)(H,25,32). The summed E-state index contributed by atoms with van der Waals surface area (Å²) in [6.07, 6.45) is 3.37. The number of rotatable bonds is 7. The van der Waals surface area contributed by atoms with Gasteiger partial charge in [0.2, 0.25) is 5.91 Å². The summed E-state index contributed by atoms with van der Waals surface area (Å²) in [7, 11) is 0. The fourth-order valence-electron chi connectivity index (χ4n) is 4.41. The fraction of sp³-hybridized carbons (Fsp3) is 0.565. The van der Waals surface area contributed by atoms with Gasteiger partial charge in [0, 0.05) is 77.3 Å². The van der Waals surface area contributed by atoms with Crippen molar-refractivity contribution in [2.24, 2.45) is 0 Å². The topological polar surface area (TPSA) is 124 Å². The van der Waals surface area contributed by atoms with Crippen molar-refractivity contribution in [3.05, 3.63) is 41.2 Å². The first kappa shape index (κ1) is 23.2. The average molecular weight is 457 g/mol. The highest BCUT2D eigenvalue weighted by atomic mass is 16.4. The molecule has 2 aliphatic rings. The molecule has 0 aliphatic carbocycles. The van der Waals surface area contributed by atoms with Crippen LogP contribution in [0.15, 0.2) is 22.7 Å². The minimum absolute atomic E-state index is 0.103. The number of β-amino-alcohol motifs (C(OH)–C–C–N with tert-alkyl or cyclic N) is 1. The lowest BCUT2D eigenvalue weighted by molar-refractivity contribution is -0.129. The van der Waals surface area contributed by atoms with Gasteiger partial charge in [0.25, 0.3) is 5.91 Å². The summed E-state index contributed by atoms with van der Waals surface area (Å²) in [6, 6.07) is 3.59. The third-order valence-electron chi connectivity index (χ3n) is 6.20. The molecule has 2 amide bonds. The summed E-state index contributed by atoms with van der Waals surface area (Å²) in [5, 5.41) is 16.6. The number of piperidine rings is 1. The maximum atomic E-state index is 12.6. The number of nitrogens with one attached hydrogen (secondary N) is 2. The van der Waals surface area contributed by atoms with Gasteiger partial charge in [-0.05, 0) is 25.0 Å². The van der Waals surface area contributed by atoms with Crippen LogP contribution in [-0.4, -0.2) is 81.6 Å². The van der Waals surface area contributed by atoms with Gasteiger partial charge in [-0.1, -0.05) is 0 Å². The monoisotopic (exact) mass is 456 g/mol. The number of hydrogen-bond donors (Lipinski definition) is 3. The van der Waals surface area contributed by atoms with E-state index in [0.29, 0.717) is 30.4 Å². The number of hydrogen-bond acceptors (Lipinski definition) is 8. The molecule has 2 aliphatic heterocycles. The molecule has 1 atom stereocenters. The Hall–Kier alpha value is -2.98. The molecule has 10 nitrogen and oxygen atoms in total. The van der Waals surface area contributed by atoms with Crippen molar-refractivity contribution in [3.8, 4) is 0 Å². The fourth-order valence-corrected chi connectivity index (χ4v) is 4.41. The molecule has 0 saturated carbocycles. The van der Waals surface area contributed by atoms with Crippen molar-refractivity contribution in [2.45, 2.75) is 51.8 Å². The first-order valence-corrected chi connectivity index (χ1v) is 11.5. The Labute approximate surface area is 193 Å². The number of aromatic nitrogens is 2. The Kier molecular flexibility index (Phi) is 7.24. The van der Waals surface area contributed by atoms with Gasteiger partial charge in [0.1, 0.15) is 11.6 Å². The maximum absolute atomic E-state index is 12.6. The van der Waals surface area contributed by atoms with Gasteiger partial charge in [0.15, 0.2) is 5.89 Å². The van der Waals surface area contributed by atoms with Crippen LogP contribution in [0.4, 0.5) is 5.82 Å². The van der Waals surface area contributed by atoms with Gasteiger partial charge in [0.05, 0.1) is 11.8 Å². The van der Waals surface area contributed by atoms with Gasteiger partial charge in [-0.25, -0.2) is 9.97 Å². The summed E-state index contributed by atoms with van der Waals surface area (Å²) in [5.74, 6) is 2.08. The largest absolute Gasteiger partial charge is 0.446 e. The van der Waals surface area contributed by atoms with E-state index in [1.807, 2.05) is 11.8 Å². The van der Waals surface area contributed by atoms with Crippen LogP contribution in [0.5, 0.6) is 0 Å². The van der Waals surface area contributed by atoms with Crippen molar-refractivity contribution in [2.75, 3.05) is 38.0 Å². The lowest BCUT2D eigenvalue weighted by Gasteiger charge is -2.32. The highest BCUT2D eigenvalue weighted by molar-refractivity contribution is 5.94. The number of carbonyl (C=O) groups excluding carboxylic acids is 2. The zero-order chi connectivity index (χ0) is 23.4. The number of anilines is 1. The molecular weight excluding hydrogens is 424 g/mol. The Morgan fingerprint density at radius 1 is 1.30 bits per heavy atom. The molecule has 2 aromatic heterocycles. The number of aryl methyl sites for hydroxylation is 1. The second-order valence-corrected chi connectivity index (χ2v) is 8.81. The van der Waals surface area contributed by atoms with E-state index in [9.17, 15) is 14.7 Å². The van der Waals surface area contributed by atoms with E-state index in [0.717, 1.165) is 50.4 Å². The zero-order valence-corrected chi connectivity index (χ0v) is 19.2. The molecule has 1 fully saturated rings. The number of aliphatic hydroxyl groups is 1. The molecule has 0 aromatic carbocycles. The molecule has 0 spiro atoms. The van der Waals surface area contributed by atoms with E-state index in [2.05, 4.69) is 25.5 Å². The Morgan fingerprint density at radius 3 is 2.85 bits per heavy atom. The number of nitrogens with zero attached hydrogens (tertiary/aromatic N) is 4. The molecule has 10 heteroatoms. The average Bonchev–Trinajstić information content (AvgIpc) is 3.17. The number of pyridine rings is 1. The van der Waals surface area contributed by atoms with Gasteiger partial charge < -0.3 is 25.1 Å². The van der Waals surface area contributed by atoms with Crippen molar-refractivity contribution < 1.29 is 19.1 Å². The third kappa shape index (κ3) is 6.08. The molecule has 2 aromatic rings. The van der Waals surface area contributed by atoms with E-state index < -0.39 is 6.10 Å². The van der Waals surface area contributed by atoms with E-state index in [4.69, 9.17) is 4.42 Å². The summed E-state index contributed by atoms with van der Waals surface area (Å²) >= 11 is 0. The molecule has 4 rings (SSSR count). The normalized spacial score (nSPS) is 18.0. The predicted octanol–water partition coefficient (Wildman–Crippen LogP) is 0.950. The van der Waals surface area contributed by atoms with Gasteiger partial charge >= 0.3 is 0 Å². The van der Waals surface area contributed by atoms with Crippen LogP contribution < -0.4 is 10.6 Å². The zero-order valence-electron chi connectivity index (χ0n) is 19.2. The first-order chi connectivity index (χ1) is 15.9. The van der Waals surface area contributed by atoms with E-state index >= 15 is 0 Å². The predicted molar refractivity (Wildman–Crippen MR) is 122 cm³/mol. The molecule has 0 bridgehead atoms. The quantitative estimate of drug-likeness (QED) is 0.563. The molecule has 3 N–H and O–H groups in total. The SMILES string of the molecule is CC(=O)N1CCC(Nc2cc(C(=O)NCC(O)CN3CCc4oc(C)nc4C3)ccn2)CC1. The Morgan fingerprint density at radius 2 is 2.09 bits per heavy atom. The summed E-state index contributed by atoms with van der Waals surface area (Å²) in [5.41, 5.74) is 1.42. The van der Waals surface area contributed by atoms with Crippen LogP contribution in [-0.2, 0) is 17.8 Å². The molecule has 4 heterocycles. The van der Waals surface area contributed by atoms with E-state index in [1.165, 1.54) is 0 Å². The van der Waals surface area contributed by atoms with E-state index in [1.54, 1.807) is 25.3 Å². The highest BCUT2D eigenvalue weighted by Gasteiger charge is 2.24. The van der Waals surface area contributed by atoms with Crippen molar-refractivity contribution in [1.82, 2.24) is 25.1 Å². The summed E-state index contributed by atoms with van der Waals surface area (Å²) in [6.45, 7) is 6.92. The highest BCUT2D eigenvalue weighted by Crippen LogP contribution is 2.19. The molecule has 178 valence electrons. The molecule has 33 heavy (non-hydrogen) atoms. The Balaban J connectivity index is 1.23. The van der Waals surface area contributed by atoms with Gasteiger partial charge in [-0.3, -0.25) is 14.5 Å². The van der Waals surface area contributed by atoms with Crippen LogP contribution in [0.25, 0.3) is 0 Å². The van der Waals surface area contributed by atoms with Crippen LogP contribution >= 0.6 is 0 Å².